The Morgan fingerprint density at radius 3 is 2.29 bits per heavy atom. The molecule has 2 N–H and O–H groups in total. The van der Waals surface area contributed by atoms with Gasteiger partial charge in [-0.25, -0.2) is 0 Å². The van der Waals surface area contributed by atoms with E-state index in [0.717, 1.165) is 31.8 Å². The van der Waals surface area contributed by atoms with Crippen LogP contribution in [-0.4, -0.2) is 60.1 Å². The number of hydrogen-bond donors (Lipinski definition) is 2. The van der Waals surface area contributed by atoms with Gasteiger partial charge in [0.1, 0.15) is 12.6 Å². The smallest absolute Gasteiger partial charge is 0.325 e. The Kier molecular flexibility index (Phi) is 10.4. The number of nitrogens with one attached hydrogen (secondary N) is 1. The van der Waals surface area contributed by atoms with Crippen LogP contribution in [0, 0.1) is 5.92 Å². The van der Waals surface area contributed by atoms with Crippen LogP contribution in [0.3, 0.4) is 0 Å². The highest BCUT2D eigenvalue weighted by Crippen LogP contribution is 2.37. The highest BCUT2D eigenvalue weighted by Gasteiger charge is 2.45. The van der Waals surface area contributed by atoms with Gasteiger partial charge in [-0.05, 0) is 69.0 Å². The SMILES string of the molecule is C=CC(=O)NCC(=O)OC1CCCC(CC(O)[Si](C)(C)O[Si](C)(C)C(C)[Si](C)(C)C)C1. The van der Waals surface area contributed by atoms with E-state index >= 15 is 0 Å². The Balaban J connectivity index is 2.63. The zero-order valence-corrected chi connectivity index (χ0v) is 23.9. The molecule has 0 aromatic rings. The summed E-state index contributed by atoms with van der Waals surface area (Å²) in [5.41, 5.74) is -0.431. The minimum atomic E-state index is -2.28. The predicted octanol–water partition coefficient (Wildman–Crippen LogP) is 4.38. The second-order valence-corrected chi connectivity index (χ2v) is 26.2. The molecule has 180 valence electrons. The van der Waals surface area contributed by atoms with Gasteiger partial charge in [-0.1, -0.05) is 39.6 Å². The van der Waals surface area contributed by atoms with Crippen molar-refractivity contribution < 1.29 is 23.5 Å². The summed E-state index contributed by atoms with van der Waals surface area (Å²) in [4.78, 5) is 23.2. The molecule has 0 spiro atoms. The van der Waals surface area contributed by atoms with Gasteiger partial charge in [0, 0.05) is 8.07 Å². The monoisotopic (exact) mass is 487 g/mol. The van der Waals surface area contributed by atoms with Crippen LogP contribution in [0.1, 0.15) is 39.0 Å². The lowest BCUT2D eigenvalue weighted by Crippen LogP contribution is -2.57. The van der Waals surface area contributed by atoms with E-state index < -0.39 is 36.4 Å². The number of esters is 1. The van der Waals surface area contributed by atoms with Crippen molar-refractivity contribution in [3.63, 3.8) is 0 Å². The number of amides is 1. The van der Waals surface area contributed by atoms with Crippen LogP contribution in [0.5, 0.6) is 0 Å². The fraction of sp³-hybridized carbons (Fsp3) is 0.818. The summed E-state index contributed by atoms with van der Waals surface area (Å²) in [6.07, 6.45) is 5.29. The lowest BCUT2D eigenvalue weighted by atomic mass is 9.85. The van der Waals surface area contributed by atoms with Gasteiger partial charge in [0.25, 0.3) is 0 Å². The van der Waals surface area contributed by atoms with Gasteiger partial charge in [-0.15, -0.1) is 0 Å². The molecule has 4 atom stereocenters. The van der Waals surface area contributed by atoms with E-state index in [9.17, 15) is 14.7 Å². The van der Waals surface area contributed by atoms with Gasteiger partial charge in [-0.2, -0.15) is 0 Å². The molecular weight excluding hydrogens is 443 g/mol. The maximum absolute atomic E-state index is 12.0. The molecule has 1 amide bonds. The van der Waals surface area contributed by atoms with E-state index in [1.165, 1.54) is 0 Å². The number of hydrogen-bond acceptors (Lipinski definition) is 5. The molecule has 6 nitrogen and oxygen atoms in total. The van der Waals surface area contributed by atoms with E-state index in [2.05, 4.69) is 64.6 Å². The van der Waals surface area contributed by atoms with Gasteiger partial charge >= 0.3 is 5.97 Å². The molecule has 0 heterocycles. The van der Waals surface area contributed by atoms with Crippen molar-refractivity contribution in [2.45, 2.75) is 102 Å². The van der Waals surface area contributed by atoms with Crippen molar-refractivity contribution in [3.8, 4) is 0 Å². The van der Waals surface area contributed by atoms with Crippen LogP contribution in [0.25, 0.3) is 0 Å². The number of rotatable bonds is 11. The van der Waals surface area contributed by atoms with Crippen LogP contribution in [0.4, 0.5) is 0 Å². The maximum atomic E-state index is 12.0. The molecule has 1 fully saturated rings. The van der Waals surface area contributed by atoms with Gasteiger partial charge in [0.05, 0.1) is 5.73 Å². The molecule has 1 aliphatic carbocycles. The Morgan fingerprint density at radius 1 is 1.13 bits per heavy atom. The molecule has 0 radical (unpaired) electrons. The summed E-state index contributed by atoms with van der Waals surface area (Å²) < 4.78 is 12.4. The minimum Gasteiger partial charge on any atom is -0.461 e. The molecule has 9 heteroatoms. The first kappa shape index (κ1) is 28.3. The molecule has 0 aromatic heterocycles. The number of aliphatic hydroxyl groups is 1. The van der Waals surface area contributed by atoms with Crippen LogP contribution < -0.4 is 5.32 Å². The van der Waals surface area contributed by atoms with Crippen molar-refractivity contribution >= 4 is 36.6 Å². The summed E-state index contributed by atoms with van der Waals surface area (Å²) >= 11 is 0. The average Bonchev–Trinajstić information content (AvgIpc) is 2.64. The van der Waals surface area contributed by atoms with Crippen LogP contribution in [-0.2, 0) is 18.4 Å². The average molecular weight is 488 g/mol. The summed E-state index contributed by atoms with van der Waals surface area (Å²) in [7, 11) is -5.50. The van der Waals surface area contributed by atoms with Crippen molar-refractivity contribution in [3.05, 3.63) is 12.7 Å². The van der Waals surface area contributed by atoms with Gasteiger partial charge in [0.2, 0.25) is 14.2 Å². The third-order valence-electron chi connectivity index (χ3n) is 6.85. The van der Waals surface area contributed by atoms with Crippen molar-refractivity contribution in [2.75, 3.05) is 6.54 Å². The van der Waals surface area contributed by atoms with Crippen molar-refractivity contribution in [1.29, 1.82) is 0 Å². The first-order valence-corrected chi connectivity index (χ1v) is 21.1. The summed E-state index contributed by atoms with van der Waals surface area (Å²) in [5, 5.41) is 14.2. The fourth-order valence-electron chi connectivity index (χ4n) is 4.50. The predicted molar refractivity (Wildman–Crippen MR) is 134 cm³/mol. The lowest BCUT2D eigenvalue weighted by Gasteiger charge is -2.44. The molecule has 0 saturated heterocycles. The highest BCUT2D eigenvalue weighted by atomic mass is 28.4. The van der Waals surface area contributed by atoms with Crippen LogP contribution in [0.15, 0.2) is 12.7 Å². The Morgan fingerprint density at radius 2 is 1.74 bits per heavy atom. The standard InChI is InChI=1S/C22H45NO5Si3/c1-10-20(24)23-16-21(25)27-19-13-11-12-18(14-19)15-22(26)31(8,9)28-30(6,7)17(2)29(3,4)5/h10,17-19,22,26H,1,11-16H2,2-9H3,(H,23,24). The lowest BCUT2D eigenvalue weighted by molar-refractivity contribution is -0.151. The molecular formula is C22H45NO5Si3. The number of carbonyl (C=O) groups is 2. The highest BCUT2D eigenvalue weighted by molar-refractivity contribution is 6.97. The van der Waals surface area contributed by atoms with E-state index in [1.54, 1.807) is 0 Å². The first-order chi connectivity index (χ1) is 14.1. The molecule has 0 aromatic carbocycles. The summed E-state index contributed by atoms with van der Waals surface area (Å²) in [6.45, 7) is 21.6. The Hall–Kier alpha value is -0.749. The van der Waals surface area contributed by atoms with Crippen molar-refractivity contribution in [1.82, 2.24) is 5.32 Å². The minimum absolute atomic E-state index is 0.141. The van der Waals surface area contributed by atoms with Crippen LogP contribution in [0.2, 0.25) is 51.0 Å². The largest absolute Gasteiger partial charge is 0.461 e. The zero-order chi connectivity index (χ0) is 24.0. The normalized spacial score (nSPS) is 22.4. The molecule has 1 rings (SSSR count). The van der Waals surface area contributed by atoms with Gasteiger partial charge in [-0.3, -0.25) is 9.59 Å². The van der Waals surface area contributed by atoms with E-state index in [-0.39, 0.29) is 18.6 Å². The van der Waals surface area contributed by atoms with Gasteiger partial charge in [0.15, 0.2) is 8.32 Å². The summed E-state index contributed by atoms with van der Waals surface area (Å²) in [5.74, 6) is -0.491. The Bertz CT molecular complexity index is 633. The molecule has 0 aliphatic heterocycles. The summed E-state index contributed by atoms with van der Waals surface area (Å²) in [6, 6.07) is 0. The van der Waals surface area contributed by atoms with Crippen molar-refractivity contribution in [2.24, 2.45) is 5.92 Å². The van der Waals surface area contributed by atoms with Gasteiger partial charge < -0.3 is 19.3 Å². The fourth-order valence-corrected chi connectivity index (χ4v) is 20.9. The zero-order valence-electron chi connectivity index (χ0n) is 20.9. The Labute approximate surface area is 192 Å². The molecule has 0 bridgehead atoms. The second kappa shape index (κ2) is 11.4. The molecule has 4 unspecified atom stereocenters. The first-order valence-electron chi connectivity index (χ1n) is 11.6. The molecule has 1 saturated carbocycles. The number of carbonyl (C=O) groups excluding carboxylic acids is 2. The molecule has 1 aliphatic rings. The third kappa shape index (κ3) is 9.33. The molecule has 31 heavy (non-hydrogen) atoms. The topological polar surface area (TPSA) is 84.9 Å². The maximum Gasteiger partial charge on any atom is 0.325 e. The van der Waals surface area contributed by atoms with Crippen LogP contribution >= 0.6 is 0 Å². The second-order valence-electron chi connectivity index (χ2n) is 11.2. The number of ether oxygens (including phenoxy) is 1. The van der Waals surface area contributed by atoms with E-state index in [1.807, 2.05) is 0 Å². The number of aliphatic hydroxyl groups excluding tert-OH is 1. The quantitative estimate of drug-likeness (QED) is 0.257. The van der Waals surface area contributed by atoms with E-state index in [0.29, 0.717) is 17.5 Å². The third-order valence-corrected chi connectivity index (χ3v) is 22.3. The van der Waals surface area contributed by atoms with E-state index in [4.69, 9.17) is 8.85 Å².